The highest BCUT2D eigenvalue weighted by molar-refractivity contribution is 5.81. The predicted molar refractivity (Wildman–Crippen MR) is 64.0 cm³/mol. The van der Waals surface area contributed by atoms with Gasteiger partial charge in [-0.05, 0) is 25.0 Å². The Labute approximate surface area is 100 Å². The largest absolute Gasteiger partial charge is 0.508 e. The van der Waals surface area contributed by atoms with Gasteiger partial charge in [0.15, 0.2) is 0 Å². The smallest absolute Gasteiger partial charge is 0.330 e. The van der Waals surface area contributed by atoms with Gasteiger partial charge in [0, 0.05) is 12.1 Å². The van der Waals surface area contributed by atoms with Crippen LogP contribution in [-0.2, 0) is 9.53 Å². The van der Waals surface area contributed by atoms with Gasteiger partial charge in [-0.3, -0.25) is 0 Å². The van der Waals surface area contributed by atoms with Crippen molar-refractivity contribution in [1.82, 2.24) is 0 Å². The molecular weight excluding hydrogens is 220 g/mol. The van der Waals surface area contributed by atoms with Gasteiger partial charge in [0.25, 0.3) is 0 Å². The van der Waals surface area contributed by atoms with E-state index < -0.39 is 5.97 Å². The standard InChI is InChI=1S/C13H16O4/c1-2-13(15)17-9-4-3-8-16-12-7-5-6-11(14)10-12/h2,5-7,10,14H,1,3-4,8-9H2. The predicted octanol–water partition coefficient (Wildman–Crippen LogP) is 2.28. The highest BCUT2D eigenvalue weighted by Crippen LogP contribution is 2.17. The van der Waals surface area contributed by atoms with Gasteiger partial charge in [-0.25, -0.2) is 4.79 Å². The lowest BCUT2D eigenvalue weighted by Crippen LogP contribution is -2.04. The number of esters is 1. The molecule has 4 nitrogen and oxygen atoms in total. The maximum Gasteiger partial charge on any atom is 0.330 e. The molecule has 0 heterocycles. The van der Waals surface area contributed by atoms with Crippen LogP contribution in [-0.4, -0.2) is 24.3 Å². The van der Waals surface area contributed by atoms with Crippen LogP contribution < -0.4 is 4.74 Å². The van der Waals surface area contributed by atoms with Gasteiger partial charge in [-0.2, -0.15) is 0 Å². The van der Waals surface area contributed by atoms with Crippen LogP contribution in [0.15, 0.2) is 36.9 Å². The van der Waals surface area contributed by atoms with Gasteiger partial charge in [0.05, 0.1) is 13.2 Å². The fraction of sp³-hybridized carbons (Fsp3) is 0.308. The summed E-state index contributed by atoms with van der Waals surface area (Å²) in [4.78, 5) is 10.7. The van der Waals surface area contributed by atoms with E-state index in [2.05, 4.69) is 6.58 Å². The summed E-state index contributed by atoms with van der Waals surface area (Å²) in [6, 6.07) is 6.63. The first-order valence-corrected chi connectivity index (χ1v) is 5.43. The molecule has 0 aliphatic heterocycles. The van der Waals surface area contributed by atoms with E-state index in [4.69, 9.17) is 9.47 Å². The number of ether oxygens (including phenoxy) is 2. The van der Waals surface area contributed by atoms with Crippen LogP contribution in [0.4, 0.5) is 0 Å². The second-order valence-electron chi connectivity index (χ2n) is 3.42. The van der Waals surface area contributed by atoms with Crippen LogP contribution >= 0.6 is 0 Å². The van der Waals surface area contributed by atoms with Gasteiger partial charge < -0.3 is 14.6 Å². The van der Waals surface area contributed by atoms with E-state index in [1.807, 2.05) is 0 Å². The zero-order chi connectivity index (χ0) is 12.5. The lowest BCUT2D eigenvalue weighted by molar-refractivity contribution is -0.137. The number of hydrogen-bond donors (Lipinski definition) is 1. The van der Waals surface area contributed by atoms with E-state index in [1.54, 1.807) is 24.3 Å². The molecule has 17 heavy (non-hydrogen) atoms. The van der Waals surface area contributed by atoms with Gasteiger partial charge >= 0.3 is 5.97 Å². The molecule has 1 aromatic carbocycles. The monoisotopic (exact) mass is 236 g/mol. The SMILES string of the molecule is C=CC(=O)OCCCCOc1cccc(O)c1. The van der Waals surface area contributed by atoms with Crippen molar-refractivity contribution in [2.45, 2.75) is 12.8 Å². The Balaban J connectivity index is 2.08. The second-order valence-corrected chi connectivity index (χ2v) is 3.42. The number of hydrogen-bond acceptors (Lipinski definition) is 4. The minimum absolute atomic E-state index is 0.183. The topological polar surface area (TPSA) is 55.8 Å². The van der Waals surface area contributed by atoms with Crippen molar-refractivity contribution in [3.63, 3.8) is 0 Å². The molecule has 0 saturated carbocycles. The Hall–Kier alpha value is -1.97. The van der Waals surface area contributed by atoms with E-state index in [-0.39, 0.29) is 5.75 Å². The van der Waals surface area contributed by atoms with E-state index in [9.17, 15) is 9.90 Å². The molecule has 92 valence electrons. The molecule has 4 heteroatoms. The van der Waals surface area contributed by atoms with Crippen molar-refractivity contribution in [2.75, 3.05) is 13.2 Å². The van der Waals surface area contributed by atoms with E-state index >= 15 is 0 Å². The number of carbonyl (C=O) groups is 1. The third kappa shape index (κ3) is 5.61. The number of phenols is 1. The normalized spacial score (nSPS) is 9.65. The van der Waals surface area contributed by atoms with Crippen LogP contribution in [0, 0.1) is 0 Å². The number of rotatable bonds is 7. The Morgan fingerprint density at radius 3 is 2.82 bits per heavy atom. The Morgan fingerprint density at radius 1 is 1.35 bits per heavy atom. The summed E-state index contributed by atoms with van der Waals surface area (Å²) >= 11 is 0. The summed E-state index contributed by atoms with van der Waals surface area (Å²) < 4.78 is 10.2. The molecule has 0 aliphatic carbocycles. The fourth-order valence-corrected chi connectivity index (χ4v) is 1.20. The fourth-order valence-electron chi connectivity index (χ4n) is 1.20. The summed E-state index contributed by atoms with van der Waals surface area (Å²) in [7, 11) is 0. The van der Waals surface area contributed by atoms with Gasteiger partial charge in [0.1, 0.15) is 11.5 Å². The van der Waals surface area contributed by atoms with Crippen molar-refractivity contribution in [3.05, 3.63) is 36.9 Å². The lowest BCUT2D eigenvalue weighted by Gasteiger charge is -2.06. The molecular formula is C13H16O4. The summed E-state index contributed by atoms with van der Waals surface area (Å²) in [5, 5.41) is 9.20. The molecule has 1 aromatic rings. The van der Waals surface area contributed by atoms with Crippen LogP contribution in [0.3, 0.4) is 0 Å². The van der Waals surface area contributed by atoms with E-state index in [0.29, 0.717) is 19.0 Å². The molecule has 0 unspecified atom stereocenters. The van der Waals surface area contributed by atoms with Crippen molar-refractivity contribution in [2.24, 2.45) is 0 Å². The number of aromatic hydroxyl groups is 1. The molecule has 0 aromatic heterocycles. The Bertz CT molecular complexity index is 373. The van der Waals surface area contributed by atoms with Crippen molar-refractivity contribution < 1.29 is 19.4 Å². The third-order valence-corrected chi connectivity index (χ3v) is 2.04. The molecule has 0 bridgehead atoms. The quantitative estimate of drug-likeness (QED) is 0.448. The lowest BCUT2D eigenvalue weighted by atomic mass is 10.3. The summed E-state index contributed by atoms with van der Waals surface area (Å²) in [5.41, 5.74) is 0. The Kier molecular flexibility index (Phi) is 5.64. The van der Waals surface area contributed by atoms with E-state index in [0.717, 1.165) is 18.9 Å². The zero-order valence-electron chi connectivity index (χ0n) is 9.59. The molecule has 0 atom stereocenters. The van der Waals surface area contributed by atoms with Crippen molar-refractivity contribution in [1.29, 1.82) is 0 Å². The van der Waals surface area contributed by atoms with Gasteiger partial charge in [0.2, 0.25) is 0 Å². The number of phenolic OH excluding ortho intramolecular Hbond substituents is 1. The van der Waals surface area contributed by atoms with Crippen molar-refractivity contribution in [3.8, 4) is 11.5 Å². The average Bonchev–Trinajstić information content (AvgIpc) is 2.33. The molecule has 0 aliphatic rings. The zero-order valence-corrected chi connectivity index (χ0v) is 9.59. The molecule has 0 amide bonds. The highest BCUT2D eigenvalue weighted by atomic mass is 16.5. The van der Waals surface area contributed by atoms with Crippen LogP contribution in [0.5, 0.6) is 11.5 Å². The van der Waals surface area contributed by atoms with Crippen LogP contribution in [0.2, 0.25) is 0 Å². The van der Waals surface area contributed by atoms with E-state index in [1.165, 1.54) is 0 Å². The summed E-state index contributed by atoms with van der Waals surface area (Å²) in [6.07, 6.45) is 2.65. The first-order chi connectivity index (χ1) is 8.22. The van der Waals surface area contributed by atoms with Gasteiger partial charge in [-0.15, -0.1) is 0 Å². The highest BCUT2D eigenvalue weighted by Gasteiger charge is 1.97. The maximum atomic E-state index is 10.7. The summed E-state index contributed by atoms with van der Waals surface area (Å²) in [5.74, 6) is 0.411. The Morgan fingerprint density at radius 2 is 2.12 bits per heavy atom. The first kappa shape index (κ1) is 13.1. The van der Waals surface area contributed by atoms with Crippen LogP contribution in [0.25, 0.3) is 0 Å². The molecule has 1 rings (SSSR count). The second kappa shape index (κ2) is 7.33. The summed E-state index contributed by atoms with van der Waals surface area (Å²) in [6.45, 7) is 4.19. The number of benzene rings is 1. The maximum absolute atomic E-state index is 10.7. The van der Waals surface area contributed by atoms with Gasteiger partial charge in [-0.1, -0.05) is 12.6 Å². The molecule has 0 spiro atoms. The molecule has 0 radical (unpaired) electrons. The number of unbranched alkanes of at least 4 members (excludes halogenated alkanes) is 1. The minimum atomic E-state index is -0.404. The number of carbonyl (C=O) groups excluding carboxylic acids is 1. The van der Waals surface area contributed by atoms with Crippen LogP contribution in [0.1, 0.15) is 12.8 Å². The minimum Gasteiger partial charge on any atom is -0.508 e. The van der Waals surface area contributed by atoms with Crippen molar-refractivity contribution >= 4 is 5.97 Å². The molecule has 0 saturated heterocycles. The average molecular weight is 236 g/mol. The molecule has 0 fully saturated rings. The molecule has 1 N–H and O–H groups in total. The first-order valence-electron chi connectivity index (χ1n) is 5.43. The third-order valence-electron chi connectivity index (χ3n) is 2.04.